The van der Waals surface area contributed by atoms with E-state index < -0.39 is 0 Å². The minimum absolute atomic E-state index is 0.196. The molecule has 0 N–H and O–H groups in total. The number of anilines is 1. The first-order valence-electron chi connectivity index (χ1n) is 5.34. The number of aromatic nitrogens is 1. The number of benzene rings is 1. The lowest BCUT2D eigenvalue weighted by atomic mass is 10.3. The van der Waals surface area contributed by atoms with Gasteiger partial charge in [-0.1, -0.05) is 23.5 Å². The first-order chi connectivity index (χ1) is 8.20. The second kappa shape index (κ2) is 5.14. The predicted octanol–water partition coefficient (Wildman–Crippen LogP) is 2.30. The van der Waals surface area contributed by atoms with Gasteiger partial charge in [0, 0.05) is 13.6 Å². The van der Waals surface area contributed by atoms with E-state index in [-0.39, 0.29) is 5.97 Å². The third-order valence-electron chi connectivity index (χ3n) is 2.49. The van der Waals surface area contributed by atoms with Crippen molar-refractivity contribution in [2.75, 3.05) is 25.6 Å². The molecule has 4 nitrogen and oxygen atoms in total. The molecule has 1 aromatic carbocycles. The Labute approximate surface area is 104 Å². The number of nitrogens with zero attached hydrogens (tertiary/aromatic N) is 2. The number of hydrogen-bond donors (Lipinski definition) is 0. The lowest BCUT2D eigenvalue weighted by molar-refractivity contribution is -0.140. The Morgan fingerprint density at radius 3 is 2.94 bits per heavy atom. The fourth-order valence-corrected chi connectivity index (χ4v) is 2.43. The molecule has 1 aromatic heterocycles. The molecule has 90 valence electrons. The van der Waals surface area contributed by atoms with Gasteiger partial charge in [-0.2, -0.15) is 0 Å². The molecule has 0 saturated heterocycles. The van der Waals surface area contributed by atoms with Crippen molar-refractivity contribution in [3.8, 4) is 0 Å². The highest BCUT2D eigenvalue weighted by molar-refractivity contribution is 7.22. The number of thiazole rings is 1. The molecule has 0 aliphatic rings. The van der Waals surface area contributed by atoms with Crippen LogP contribution in [-0.4, -0.2) is 31.7 Å². The highest BCUT2D eigenvalue weighted by Crippen LogP contribution is 2.27. The molecule has 0 atom stereocenters. The van der Waals surface area contributed by atoms with Gasteiger partial charge in [0.15, 0.2) is 5.13 Å². The van der Waals surface area contributed by atoms with Crippen LogP contribution in [0.4, 0.5) is 5.13 Å². The molecule has 0 fully saturated rings. The average Bonchev–Trinajstić information content (AvgIpc) is 2.79. The number of para-hydroxylation sites is 1. The number of esters is 1. The molecule has 0 bridgehead atoms. The average molecular weight is 250 g/mol. The predicted molar refractivity (Wildman–Crippen MR) is 69.5 cm³/mol. The van der Waals surface area contributed by atoms with E-state index in [1.165, 1.54) is 7.11 Å². The molecule has 2 rings (SSSR count). The van der Waals surface area contributed by atoms with Crippen molar-refractivity contribution in [2.24, 2.45) is 0 Å². The van der Waals surface area contributed by atoms with E-state index in [1.807, 2.05) is 36.2 Å². The van der Waals surface area contributed by atoms with E-state index in [4.69, 9.17) is 0 Å². The molecule has 17 heavy (non-hydrogen) atoms. The van der Waals surface area contributed by atoms with Crippen molar-refractivity contribution < 1.29 is 9.53 Å². The van der Waals surface area contributed by atoms with Crippen molar-refractivity contribution in [1.82, 2.24) is 4.98 Å². The summed E-state index contributed by atoms with van der Waals surface area (Å²) in [7, 11) is 3.33. The van der Waals surface area contributed by atoms with Crippen molar-refractivity contribution in [1.29, 1.82) is 0 Å². The summed E-state index contributed by atoms with van der Waals surface area (Å²) in [6, 6.07) is 8.01. The molecule has 0 amide bonds. The van der Waals surface area contributed by atoms with E-state index in [0.29, 0.717) is 13.0 Å². The SMILES string of the molecule is COC(=O)CCN(C)c1nc2ccccc2s1. The fraction of sp³-hybridized carbons (Fsp3) is 0.333. The number of methoxy groups -OCH3 is 1. The summed E-state index contributed by atoms with van der Waals surface area (Å²) in [5.74, 6) is -0.196. The second-order valence-corrected chi connectivity index (χ2v) is 4.72. The van der Waals surface area contributed by atoms with Crippen LogP contribution >= 0.6 is 11.3 Å². The summed E-state index contributed by atoms with van der Waals surface area (Å²) in [5.41, 5.74) is 0.998. The molecule has 0 radical (unpaired) electrons. The lowest BCUT2D eigenvalue weighted by Gasteiger charge is -2.14. The van der Waals surface area contributed by atoms with Gasteiger partial charge < -0.3 is 9.64 Å². The molecule has 0 unspecified atom stereocenters. The quantitative estimate of drug-likeness (QED) is 0.781. The Bertz CT molecular complexity index is 491. The van der Waals surface area contributed by atoms with Gasteiger partial charge in [-0.3, -0.25) is 4.79 Å². The molecule has 2 aromatic rings. The Kier molecular flexibility index (Phi) is 3.58. The van der Waals surface area contributed by atoms with Gasteiger partial charge >= 0.3 is 5.97 Å². The van der Waals surface area contributed by atoms with Crippen LogP contribution in [0.25, 0.3) is 10.2 Å². The standard InChI is InChI=1S/C12H14N2O2S/c1-14(8-7-11(15)16-2)12-13-9-5-3-4-6-10(9)17-12/h3-6H,7-8H2,1-2H3. The number of fused-ring (bicyclic) bond motifs is 1. The summed E-state index contributed by atoms with van der Waals surface area (Å²) in [6.45, 7) is 0.618. The van der Waals surface area contributed by atoms with Crippen LogP contribution in [0.1, 0.15) is 6.42 Å². The Morgan fingerprint density at radius 2 is 2.24 bits per heavy atom. The first kappa shape index (κ1) is 11.9. The molecule has 0 aliphatic heterocycles. The maximum Gasteiger partial charge on any atom is 0.307 e. The van der Waals surface area contributed by atoms with Crippen molar-refractivity contribution in [3.05, 3.63) is 24.3 Å². The largest absolute Gasteiger partial charge is 0.469 e. The topological polar surface area (TPSA) is 42.4 Å². The van der Waals surface area contributed by atoms with Crippen LogP contribution in [0.2, 0.25) is 0 Å². The third kappa shape index (κ3) is 2.74. The van der Waals surface area contributed by atoms with Gasteiger partial charge in [0.2, 0.25) is 0 Å². The van der Waals surface area contributed by atoms with Gasteiger partial charge in [0.05, 0.1) is 23.7 Å². The number of rotatable bonds is 4. The summed E-state index contributed by atoms with van der Waals surface area (Å²) >= 11 is 1.63. The van der Waals surface area contributed by atoms with Gasteiger partial charge in [-0.25, -0.2) is 4.98 Å². The maximum atomic E-state index is 11.1. The summed E-state index contributed by atoms with van der Waals surface area (Å²) in [5, 5.41) is 0.926. The van der Waals surface area contributed by atoms with Crippen LogP contribution < -0.4 is 4.90 Å². The molecular formula is C12H14N2O2S. The summed E-state index contributed by atoms with van der Waals surface area (Å²) in [4.78, 5) is 17.5. The van der Waals surface area contributed by atoms with Gasteiger partial charge in [-0.05, 0) is 12.1 Å². The summed E-state index contributed by atoms with van der Waals surface area (Å²) < 4.78 is 5.77. The normalized spacial score (nSPS) is 10.5. The summed E-state index contributed by atoms with van der Waals surface area (Å²) in [6.07, 6.45) is 0.378. The van der Waals surface area contributed by atoms with Gasteiger partial charge in [0.1, 0.15) is 0 Å². The molecule has 0 saturated carbocycles. The second-order valence-electron chi connectivity index (χ2n) is 3.71. The van der Waals surface area contributed by atoms with E-state index in [2.05, 4.69) is 9.72 Å². The maximum absolute atomic E-state index is 11.1. The zero-order chi connectivity index (χ0) is 12.3. The van der Waals surface area contributed by atoms with Gasteiger partial charge in [-0.15, -0.1) is 0 Å². The molecule has 0 aliphatic carbocycles. The molecule has 1 heterocycles. The number of hydrogen-bond acceptors (Lipinski definition) is 5. The zero-order valence-corrected chi connectivity index (χ0v) is 10.7. The number of ether oxygens (including phenoxy) is 1. The lowest BCUT2D eigenvalue weighted by Crippen LogP contribution is -2.21. The highest BCUT2D eigenvalue weighted by Gasteiger charge is 2.09. The fourth-order valence-electron chi connectivity index (χ4n) is 1.48. The first-order valence-corrected chi connectivity index (χ1v) is 6.16. The van der Waals surface area contributed by atoms with Crippen molar-refractivity contribution >= 4 is 32.7 Å². The van der Waals surface area contributed by atoms with Crippen LogP contribution in [0.3, 0.4) is 0 Å². The number of carbonyl (C=O) groups excluding carboxylic acids is 1. The number of carbonyl (C=O) groups is 1. The third-order valence-corrected chi connectivity index (χ3v) is 3.64. The van der Waals surface area contributed by atoms with E-state index in [9.17, 15) is 4.79 Å². The van der Waals surface area contributed by atoms with Crippen LogP contribution in [0, 0.1) is 0 Å². The monoisotopic (exact) mass is 250 g/mol. The van der Waals surface area contributed by atoms with Crippen LogP contribution in [-0.2, 0) is 9.53 Å². The van der Waals surface area contributed by atoms with Crippen molar-refractivity contribution in [2.45, 2.75) is 6.42 Å². The molecule has 0 spiro atoms. The minimum atomic E-state index is -0.196. The molecular weight excluding hydrogens is 236 g/mol. The van der Waals surface area contributed by atoms with E-state index >= 15 is 0 Å². The van der Waals surface area contributed by atoms with Crippen LogP contribution in [0.15, 0.2) is 24.3 Å². The van der Waals surface area contributed by atoms with Crippen molar-refractivity contribution in [3.63, 3.8) is 0 Å². The zero-order valence-electron chi connectivity index (χ0n) is 9.84. The van der Waals surface area contributed by atoms with Crippen LogP contribution in [0.5, 0.6) is 0 Å². The Morgan fingerprint density at radius 1 is 1.47 bits per heavy atom. The molecule has 5 heteroatoms. The van der Waals surface area contributed by atoms with E-state index in [0.717, 1.165) is 15.3 Å². The smallest absolute Gasteiger partial charge is 0.307 e. The van der Waals surface area contributed by atoms with E-state index in [1.54, 1.807) is 11.3 Å². The van der Waals surface area contributed by atoms with Gasteiger partial charge in [0.25, 0.3) is 0 Å². The Balaban J connectivity index is 2.08. The highest BCUT2D eigenvalue weighted by atomic mass is 32.1. The Hall–Kier alpha value is -1.62. The minimum Gasteiger partial charge on any atom is -0.469 e.